The van der Waals surface area contributed by atoms with E-state index in [0.717, 1.165) is 40.2 Å². The van der Waals surface area contributed by atoms with Gasteiger partial charge in [0.2, 0.25) is 0 Å². The summed E-state index contributed by atoms with van der Waals surface area (Å²) in [4.78, 5) is 20.3. The van der Waals surface area contributed by atoms with Crippen LogP contribution in [-0.2, 0) is 10.3 Å². The number of likely N-dealkylation sites (N-methyl/N-ethyl adjacent to an activating group) is 1. The molecule has 1 aromatic carbocycles. The van der Waals surface area contributed by atoms with Crippen LogP contribution in [-0.4, -0.2) is 35.4 Å². The lowest BCUT2D eigenvalue weighted by Gasteiger charge is -2.42. The minimum atomic E-state index is -0.903. The SMILES string of the molecule is CC=CC1=C(CC)CCCC1C1CC2(N=C(SC)N(C)C2=O)c2cc(Br)ccc2O1. The molecule has 0 saturated carbocycles. The molecule has 1 spiro atoms. The maximum atomic E-state index is 13.6. The maximum Gasteiger partial charge on any atom is 0.261 e. The van der Waals surface area contributed by atoms with Crippen LogP contribution in [0.25, 0.3) is 0 Å². The van der Waals surface area contributed by atoms with E-state index in [4.69, 9.17) is 9.73 Å². The lowest BCUT2D eigenvalue weighted by Crippen LogP contribution is -2.47. The smallest absolute Gasteiger partial charge is 0.261 e. The number of rotatable bonds is 3. The zero-order valence-corrected chi connectivity index (χ0v) is 20.5. The first-order valence-corrected chi connectivity index (χ1v) is 12.7. The van der Waals surface area contributed by atoms with E-state index in [1.807, 2.05) is 31.5 Å². The van der Waals surface area contributed by atoms with Crippen molar-refractivity contribution in [2.75, 3.05) is 13.3 Å². The molecule has 3 atom stereocenters. The van der Waals surface area contributed by atoms with Gasteiger partial charge >= 0.3 is 0 Å². The summed E-state index contributed by atoms with van der Waals surface area (Å²) < 4.78 is 7.54. The number of ether oxygens (including phenoxy) is 1. The van der Waals surface area contributed by atoms with Crippen molar-refractivity contribution in [3.05, 3.63) is 51.5 Å². The van der Waals surface area contributed by atoms with Crippen LogP contribution in [0, 0.1) is 5.92 Å². The molecule has 4 nitrogen and oxygen atoms in total. The molecule has 2 heterocycles. The number of amides is 1. The van der Waals surface area contributed by atoms with Crippen molar-refractivity contribution in [1.82, 2.24) is 4.90 Å². The summed E-state index contributed by atoms with van der Waals surface area (Å²) in [5.74, 6) is 1.11. The first-order valence-electron chi connectivity index (χ1n) is 10.7. The van der Waals surface area contributed by atoms with Gasteiger partial charge in [0.25, 0.3) is 5.91 Å². The third kappa shape index (κ3) is 3.46. The summed E-state index contributed by atoms with van der Waals surface area (Å²) >= 11 is 5.10. The average Bonchev–Trinajstić information content (AvgIpc) is 2.99. The zero-order chi connectivity index (χ0) is 21.5. The van der Waals surface area contributed by atoms with Crippen LogP contribution in [0.15, 0.2) is 51.0 Å². The van der Waals surface area contributed by atoms with Crippen LogP contribution in [0.4, 0.5) is 0 Å². The van der Waals surface area contributed by atoms with Gasteiger partial charge in [0.05, 0.1) is 0 Å². The van der Waals surface area contributed by atoms with E-state index in [9.17, 15) is 4.79 Å². The molecule has 0 N–H and O–H groups in total. The van der Waals surface area contributed by atoms with E-state index in [2.05, 4.69) is 41.9 Å². The zero-order valence-electron chi connectivity index (χ0n) is 18.1. The van der Waals surface area contributed by atoms with Gasteiger partial charge in [0, 0.05) is 29.4 Å². The fraction of sp³-hybridized carbons (Fsp3) is 0.500. The van der Waals surface area contributed by atoms with Crippen LogP contribution >= 0.6 is 27.7 Å². The Morgan fingerprint density at radius 2 is 2.23 bits per heavy atom. The molecule has 4 rings (SSSR count). The predicted molar refractivity (Wildman–Crippen MR) is 128 cm³/mol. The Labute approximate surface area is 192 Å². The van der Waals surface area contributed by atoms with Gasteiger partial charge in [-0.15, -0.1) is 0 Å². The van der Waals surface area contributed by atoms with E-state index in [1.54, 1.807) is 4.90 Å². The second-order valence-corrected chi connectivity index (χ2v) is 9.92. The van der Waals surface area contributed by atoms with Gasteiger partial charge in [-0.2, -0.15) is 0 Å². The van der Waals surface area contributed by atoms with Crippen molar-refractivity contribution < 1.29 is 9.53 Å². The first kappa shape index (κ1) is 21.7. The fourth-order valence-electron chi connectivity index (χ4n) is 5.19. The number of allylic oxidation sites excluding steroid dienone is 3. The van der Waals surface area contributed by atoms with E-state index < -0.39 is 5.54 Å². The average molecular weight is 489 g/mol. The van der Waals surface area contributed by atoms with Gasteiger partial charge < -0.3 is 4.74 Å². The van der Waals surface area contributed by atoms with Crippen molar-refractivity contribution in [3.63, 3.8) is 0 Å². The number of hydrogen-bond acceptors (Lipinski definition) is 4. The quantitative estimate of drug-likeness (QED) is 0.518. The predicted octanol–water partition coefficient (Wildman–Crippen LogP) is 6.07. The summed E-state index contributed by atoms with van der Waals surface area (Å²) in [5.41, 5.74) is 2.89. The van der Waals surface area contributed by atoms with E-state index in [-0.39, 0.29) is 17.9 Å². The van der Waals surface area contributed by atoms with Crippen LogP contribution in [0.1, 0.15) is 51.5 Å². The number of benzene rings is 1. The van der Waals surface area contributed by atoms with Crippen molar-refractivity contribution in [2.45, 2.75) is 57.6 Å². The van der Waals surface area contributed by atoms with Gasteiger partial charge in [0.1, 0.15) is 11.9 Å². The highest BCUT2D eigenvalue weighted by Crippen LogP contribution is 2.51. The minimum Gasteiger partial charge on any atom is -0.489 e. The third-order valence-electron chi connectivity index (χ3n) is 6.60. The molecule has 1 amide bonds. The minimum absolute atomic E-state index is 0.0441. The normalized spacial score (nSPS) is 28.9. The van der Waals surface area contributed by atoms with E-state index in [1.165, 1.54) is 29.3 Å². The topological polar surface area (TPSA) is 41.9 Å². The summed E-state index contributed by atoms with van der Waals surface area (Å²) in [5, 5.41) is 0.772. The molecule has 0 bridgehead atoms. The number of carbonyl (C=O) groups excluding carboxylic acids is 1. The first-order chi connectivity index (χ1) is 14.4. The second-order valence-electron chi connectivity index (χ2n) is 8.24. The monoisotopic (exact) mass is 488 g/mol. The number of aliphatic imine (C=N–C) groups is 1. The molecule has 160 valence electrons. The molecule has 0 aromatic heterocycles. The van der Waals surface area contributed by atoms with Gasteiger partial charge in [-0.25, -0.2) is 4.99 Å². The standard InChI is InChI=1S/C24H29BrN2O2S/c1-5-8-17-15(6-2)9-7-10-18(17)21-14-24(22(28)27(3)23(26-24)30-4)19-13-16(25)11-12-20(19)29-21/h5,8,11-13,18,21H,6-7,9-10,14H2,1-4H3. The van der Waals surface area contributed by atoms with Gasteiger partial charge in [0.15, 0.2) is 10.7 Å². The van der Waals surface area contributed by atoms with E-state index in [0.29, 0.717) is 6.42 Å². The number of nitrogens with zero attached hydrogens (tertiary/aromatic N) is 2. The molecule has 3 aliphatic rings. The molecule has 6 heteroatoms. The third-order valence-corrected chi connectivity index (χ3v) is 7.82. The molecular formula is C24H29BrN2O2S. The molecule has 0 radical (unpaired) electrons. The van der Waals surface area contributed by atoms with Crippen molar-refractivity contribution in [1.29, 1.82) is 0 Å². The number of thioether (sulfide) groups is 1. The molecule has 3 unspecified atom stereocenters. The van der Waals surface area contributed by atoms with Gasteiger partial charge in [-0.1, -0.05) is 52.3 Å². The number of halogens is 1. The highest BCUT2D eigenvalue weighted by Gasteiger charge is 2.55. The molecule has 2 aliphatic heterocycles. The van der Waals surface area contributed by atoms with Crippen molar-refractivity contribution in [2.24, 2.45) is 10.9 Å². The molecule has 1 aromatic rings. The van der Waals surface area contributed by atoms with Crippen LogP contribution in [0.3, 0.4) is 0 Å². The molecule has 30 heavy (non-hydrogen) atoms. The molecule has 0 saturated heterocycles. The Kier molecular flexibility index (Phi) is 6.18. The Morgan fingerprint density at radius 1 is 1.43 bits per heavy atom. The largest absolute Gasteiger partial charge is 0.489 e. The Hall–Kier alpha value is -1.53. The highest BCUT2D eigenvalue weighted by atomic mass is 79.9. The number of carbonyl (C=O) groups is 1. The van der Waals surface area contributed by atoms with Crippen LogP contribution < -0.4 is 4.74 Å². The van der Waals surface area contributed by atoms with Gasteiger partial charge in [-0.3, -0.25) is 9.69 Å². The Bertz CT molecular complexity index is 955. The van der Waals surface area contributed by atoms with E-state index >= 15 is 0 Å². The lowest BCUT2D eigenvalue weighted by atomic mass is 9.72. The molecule has 1 aliphatic carbocycles. The Balaban J connectivity index is 1.84. The molecule has 0 fully saturated rings. The molecular weight excluding hydrogens is 460 g/mol. The van der Waals surface area contributed by atoms with Crippen LogP contribution in [0.5, 0.6) is 5.75 Å². The highest BCUT2D eigenvalue weighted by molar-refractivity contribution is 9.10. The summed E-state index contributed by atoms with van der Waals surface area (Å²) in [6.45, 7) is 4.31. The maximum absolute atomic E-state index is 13.6. The summed E-state index contributed by atoms with van der Waals surface area (Å²) in [6.07, 6.45) is 11.3. The van der Waals surface area contributed by atoms with Gasteiger partial charge in [-0.05, 0) is 62.6 Å². The van der Waals surface area contributed by atoms with Crippen molar-refractivity contribution in [3.8, 4) is 5.75 Å². The second kappa shape index (κ2) is 8.54. The fourth-order valence-corrected chi connectivity index (χ4v) is 6.15. The number of fused-ring (bicyclic) bond motifs is 2. The summed E-state index contributed by atoms with van der Waals surface area (Å²) in [7, 11) is 1.83. The lowest BCUT2D eigenvalue weighted by molar-refractivity contribution is -0.132. The van der Waals surface area contributed by atoms with Crippen LogP contribution in [0.2, 0.25) is 0 Å². The Morgan fingerprint density at radius 3 is 2.90 bits per heavy atom. The number of amidine groups is 1. The van der Waals surface area contributed by atoms with Crippen molar-refractivity contribution >= 4 is 38.8 Å². The number of hydrogen-bond donors (Lipinski definition) is 0. The summed E-state index contributed by atoms with van der Waals surface area (Å²) in [6, 6.07) is 5.97.